The quantitative estimate of drug-likeness (QED) is 0.565. The second-order valence-electron chi connectivity index (χ2n) is 1.88. The molecule has 0 radical (unpaired) electrons. The summed E-state index contributed by atoms with van der Waals surface area (Å²) in [5.41, 5.74) is 1.72. The lowest BCUT2D eigenvalue weighted by Crippen LogP contribution is -2.35. The molecule has 0 aromatic heterocycles. The predicted octanol–water partition coefficient (Wildman–Crippen LogP) is 0.465. The molecule has 1 N–H and O–H groups in total. The number of aliphatic hydroxyl groups excluding tert-OH is 1. The molecule has 0 fully saturated rings. The van der Waals surface area contributed by atoms with Crippen LogP contribution in [0.2, 0.25) is 6.55 Å². The minimum absolute atomic E-state index is 0.118. The zero-order valence-corrected chi connectivity index (χ0v) is 6.35. The van der Waals surface area contributed by atoms with Crippen LogP contribution in [0.1, 0.15) is 0 Å². The van der Waals surface area contributed by atoms with E-state index in [9.17, 15) is 0 Å². The minimum atomic E-state index is -1.85. The Bertz CT molecular complexity index is 78.5. The lowest BCUT2D eigenvalue weighted by molar-refractivity contribution is 0.308. The van der Waals surface area contributed by atoms with Gasteiger partial charge in [0.25, 0.3) is 0 Å². The summed E-state index contributed by atoms with van der Waals surface area (Å²) in [5, 5.41) is 8.65. The van der Waals surface area contributed by atoms with Gasteiger partial charge in [-0.25, -0.2) is 0 Å². The van der Waals surface area contributed by atoms with E-state index in [1.54, 1.807) is 12.8 Å². The summed E-state index contributed by atoms with van der Waals surface area (Å²) in [4.78, 5) is 0. The first-order chi connectivity index (χ1) is 3.68. The highest BCUT2D eigenvalue weighted by Crippen LogP contribution is 2.00. The molecule has 0 saturated carbocycles. The van der Waals surface area contributed by atoms with Crippen LogP contribution < -0.4 is 0 Å². The fourth-order valence-corrected chi connectivity index (χ4v) is 0.637. The summed E-state index contributed by atoms with van der Waals surface area (Å²) in [6.07, 6.45) is 0.118. The molecule has 0 rings (SSSR count). The number of hydrogen-bond donors (Lipinski definition) is 1. The predicted molar refractivity (Wildman–Crippen MR) is 35.9 cm³/mol. The zero-order valence-electron chi connectivity index (χ0n) is 5.35. The van der Waals surface area contributed by atoms with Crippen LogP contribution in [0.4, 0.5) is 0 Å². The van der Waals surface area contributed by atoms with E-state index in [0.29, 0.717) is 0 Å². The van der Waals surface area contributed by atoms with Gasteiger partial charge in [0.1, 0.15) is 0 Å². The van der Waals surface area contributed by atoms with Crippen molar-refractivity contribution < 1.29 is 9.53 Å². The molecule has 2 nitrogen and oxygen atoms in total. The Hall–Kier alpha value is -0.123. The molecule has 0 aromatic rings. The van der Waals surface area contributed by atoms with E-state index in [1.807, 2.05) is 6.55 Å². The Morgan fingerprint density at radius 1 is 1.88 bits per heavy atom. The van der Waals surface area contributed by atoms with Gasteiger partial charge in [-0.1, -0.05) is 5.70 Å². The SMILES string of the molecule is C=C[Si](C)(CO)OC. The molecule has 3 heteroatoms. The smallest absolute Gasteiger partial charge is 0.237 e. The highest BCUT2D eigenvalue weighted by atomic mass is 28.4. The van der Waals surface area contributed by atoms with Gasteiger partial charge in [0, 0.05) is 7.11 Å². The average molecular weight is 132 g/mol. The van der Waals surface area contributed by atoms with Crippen LogP contribution >= 0.6 is 0 Å². The van der Waals surface area contributed by atoms with Crippen molar-refractivity contribution in [3.05, 3.63) is 12.3 Å². The summed E-state index contributed by atoms with van der Waals surface area (Å²) in [6, 6.07) is 0. The van der Waals surface area contributed by atoms with E-state index in [1.165, 1.54) is 0 Å². The van der Waals surface area contributed by atoms with Gasteiger partial charge in [-0.2, -0.15) is 0 Å². The van der Waals surface area contributed by atoms with Crippen molar-refractivity contribution in [3.63, 3.8) is 0 Å². The number of hydrogen-bond acceptors (Lipinski definition) is 2. The van der Waals surface area contributed by atoms with Gasteiger partial charge >= 0.3 is 0 Å². The average Bonchev–Trinajstić information content (AvgIpc) is 1.87. The summed E-state index contributed by atoms with van der Waals surface area (Å²) >= 11 is 0. The van der Waals surface area contributed by atoms with Gasteiger partial charge < -0.3 is 9.53 Å². The van der Waals surface area contributed by atoms with Crippen molar-refractivity contribution in [2.45, 2.75) is 6.55 Å². The van der Waals surface area contributed by atoms with Crippen molar-refractivity contribution in [2.75, 3.05) is 13.3 Å². The Morgan fingerprint density at radius 3 is 2.38 bits per heavy atom. The number of aliphatic hydroxyl groups is 1. The molecular weight excluding hydrogens is 120 g/mol. The molecule has 1 atom stereocenters. The van der Waals surface area contributed by atoms with Gasteiger partial charge in [-0.15, -0.1) is 6.58 Å². The maximum absolute atomic E-state index is 8.65. The van der Waals surface area contributed by atoms with Gasteiger partial charge in [-0.3, -0.25) is 0 Å². The molecule has 0 aliphatic carbocycles. The van der Waals surface area contributed by atoms with Crippen LogP contribution in [-0.4, -0.2) is 26.8 Å². The Balaban J connectivity index is 3.76. The van der Waals surface area contributed by atoms with Gasteiger partial charge in [0.2, 0.25) is 8.32 Å². The first-order valence-corrected chi connectivity index (χ1v) is 5.17. The molecule has 0 aliphatic heterocycles. The van der Waals surface area contributed by atoms with Crippen molar-refractivity contribution >= 4 is 8.32 Å². The molecule has 1 unspecified atom stereocenters. The minimum Gasteiger partial charge on any atom is -0.414 e. The largest absolute Gasteiger partial charge is 0.414 e. The van der Waals surface area contributed by atoms with E-state index in [0.717, 1.165) is 0 Å². The summed E-state index contributed by atoms with van der Waals surface area (Å²) in [5.74, 6) is 0. The summed E-state index contributed by atoms with van der Waals surface area (Å²) in [6.45, 7) is 5.45. The molecule has 0 aromatic carbocycles. The molecule has 0 aliphatic rings. The monoisotopic (exact) mass is 132 g/mol. The van der Waals surface area contributed by atoms with E-state index in [4.69, 9.17) is 9.53 Å². The van der Waals surface area contributed by atoms with E-state index in [-0.39, 0.29) is 6.23 Å². The highest BCUT2D eigenvalue weighted by Gasteiger charge is 2.21. The third-order valence-corrected chi connectivity index (χ3v) is 3.64. The third-order valence-electron chi connectivity index (χ3n) is 1.21. The van der Waals surface area contributed by atoms with Crippen molar-refractivity contribution in [1.29, 1.82) is 0 Å². The molecule has 48 valence electrons. The van der Waals surface area contributed by atoms with E-state index >= 15 is 0 Å². The molecule has 0 saturated heterocycles. The maximum Gasteiger partial charge on any atom is 0.237 e. The second-order valence-corrected chi connectivity index (χ2v) is 5.64. The molecular formula is C5H12O2Si. The number of rotatable bonds is 3. The van der Waals surface area contributed by atoms with Crippen LogP contribution in [0, 0.1) is 0 Å². The molecule has 0 bridgehead atoms. The maximum atomic E-state index is 8.65. The van der Waals surface area contributed by atoms with E-state index < -0.39 is 8.32 Å². The third kappa shape index (κ3) is 1.77. The van der Waals surface area contributed by atoms with Crippen LogP contribution in [0.25, 0.3) is 0 Å². The van der Waals surface area contributed by atoms with Gasteiger partial charge in [0.15, 0.2) is 0 Å². The van der Waals surface area contributed by atoms with Crippen LogP contribution in [-0.2, 0) is 4.43 Å². The fourth-order valence-electron chi connectivity index (χ4n) is 0.212. The fraction of sp³-hybridized carbons (Fsp3) is 0.600. The van der Waals surface area contributed by atoms with Crippen molar-refractivity contribution in [1.82, 2.24) is 0 Å². The Labute approximate surface area is 50.9 Å². The summed E-state index contributed by atoms with van der Waals surface area (Å²) < 4.78 is 5.01. The topological polar surface area (TPSA) is 29.5 Å². The highest BCUT2D eigenvalue weighted by molar-refractivity contribution is 6.77. The van der Waals surface area contributed by atoms with Gasteiger partial charge in [0.05, 0.1) is 6.23 Å². The summed E-state index contributed by atoms with van der Waals surface area (Å²) in [7, 11) is -0.251. The second kappa shape index (κ2) is 3.01. The molecule has 0 spiro atoms. The van der Waals surface area contributed by atoms with Crippen molar-refractivity contribution in [3.8, 4) is 0 Å². The molecule has 0 amide bonds. The van der Waals surface area contributed by atoms with Crippen LogP contribution in [0.3, 0.4) is 0 Å². The van der Waals surface area contributed by atoms with Gasteiger partial charge in [-0.05, 0) is 6.55 Å². The first-order valence-electron chi connectivity index (χ1n) is 2.48. The lowest BCUT2D eigenvalue weighted by atomic mass is 11.3. The van der Waals surface area contributed by atoms with Crippen LogP contribution in [0.15, 0.2) is 12.3 Å². The van der Waals surface area contributed by atoms with E-state index in [2.05, 4.69) is 6.58 Å². The normalized spacial score (nSPS) is 17.4. The van der Waals surface area contributed by atoms with Crippen molar-refractivity contribution in [2.24, 2.45) is 0 Å². The molecule has 8 heavy (non-hydrogen) atoms. The lowest BCUT2D eigenvalue weighted by Gasteiger charge is -2.16. The molecule has 0 heterocycles. The Morgan fingerprint density at radius 2 is 2.38 bits per heavy atom. The first kappa shape index (κ1) is 7.88. The zero-order chi connectivity index (χ0) is 6.62. The Kier molecular flexibility index (Phi) is 2.97. The standard InChI is InChI=1S/C5H12O2Si/c1-4-8(3,5-6)7-2/h4,6H,1,5H2,2-3H3. The van der Waals surface area contributed by atoms with Crippen LogP contribution in [0.5, 0.6) is 0 Å².